The number of aromatic amines is 1. The third kappa shape index (κ3) is 2.09. The molecular formula is C15H20N2O. The Balaban J connectivity index is 1.86. The molecule has 0 radical (unpaired) electrons. The smallest absolute Gasteiger partial charge is 0.306 e. The van der Waals surface area contributed by atoms with Crippen LogP contribution < -0.4 is 5.69 Å². The van der Waals surface area contributed by atoms with E-state index in [2.05, 4.69) is 11.9 Å². The Hall–Kier alpha value is -1.51. The summed E-state index contributed by atoms with van der Waals surface area (Å²) in [4.78, 5) is 14.9. The van der Waals surface area contributed by atoms with Gasteiger partial charge in [-0.15, -0.1) is 0 Å². The van der Waals surface area contributed by atoms with Crippen molar-refractivity contribution in [2.24, 2.45) is 11.8 Å². The Kier molecular flexibility index (Phi) is 2.98. The molecule has 0 unspecified atom stereocenters. The molecule has 0 atom stereocenters. The Labute approximate surface area is 107 Å². The summed E-state index contributed by atoms with van der Waals surface area (Å²) in [6.45, 7) is 3.20. The van der Waals surface area contributed by atoms with E-state index in [1.807, 2.05) is 28.8 Å². The fourth-order valence-electron chi connectivity index (χ4n) is 3.06. The van der Waals surface area contributed by atoms with Crippen LogP contribution in [0.1, 0.15) is 32.6 Å². The maximum absolute atomic E-state index is 12.0. The highest BCUT2D eigenvalue weighted by atomic mass is 16.1. The summed E-state index contributed by atoms with van der Waals surface area (Å²) in [5.74, 6) is 1.53. The molecule has 2 aromatic rings. The maximum Gasteiger partial charge on any atom is 0.326 e. The van der Waals surface area contributed by atoms with Crippen molar-refractivity contribution in [2.45, 2.75) is 39.2 Å². The zero-order chi connectivity index (χ0) is 12.5. The van der Waals surface area contributed by atoms with Crippen molar-refractivity contribution in [3.05, 3.63) is 34.7 Å². The number of nitrogens with zero attached hydrogens (tertiary/aromatic N) is 1. The molecular weight excluding hydrogens is 224 g/mol. The highest BCUT2D eigenvalue weighted by molar-refractivity contribution is 5.74. The summed E-state index contributed by atoms with van der Waals surface area (Å²) < 4.78 is 1.91. The Morgan fingerprint density at radius 2 is 1.94 bits per heavy atom. The Morgan fingerprint density at radius 3 is 2.72 bits per heavy atom. The molecule has 1 aromatic heterocycles. The largest absolute Gasteiger partial charge is 0.326 e. The number of aromatic nitrogens is 2. The summed E-state index contributed by atoms with van der Waals surface area (Å²) in [5.41, 5.74) is 2.03. The lowest BCUT2D eigenvalue weighted by Crippen LogP contribution is -2.24. The van der Waals surface area contributed by atoms with Gasteiger partial charge >= 0.3 is 5.69 Å². The van der Waals surface area contributed by atoms with Crippen molar-refractivity contribution in [1.29, 1.82) is 0 Å². The van der Waals surface area contributed by atoms with E-state index in [0.717, 1.165) is 23.5 Å². The molecule has 3 heteroatoms. The number of H-pyrrole nitrogens is 1. The summed E-state index contributed by atoms with van der Waals surface area (Å²) in [6, 6.07) is 7.95. The summed E-state index contributed by atoms with van der Waals surface area (Å²) in [7, 11) is 0. The molecule has 0 amide bonds. The van der Waals surface area contributed by atoms with Crippen LogP contribution >= 0.6 is 0 Å². The first-order valence-corrected chi connectivity index (χ1v) is 6.91. The van der Waals surface area contributed by atoms with Gasteiger partial charge in [0.2, 0.25) is 0 Å². The fourth-order valence-corrected chi connectivity index (χ4v) is 3.06. The number of rotatable bonds is 2. The van der Waals surface area contributed by atoms with Gasteiger partial charge in [-0.1, -0.05) is 31.9 Å². The number of hydrogen-bond donors (Lipinski definition) is 1. The highest BCUT2D eigenvalue weighted by Gasteiger charge is 2.20. The van der Waals surface area contributed by atoms with Gasteiger partial charge in [0.1, 0.15) is 0 Å². The van der Waals surface area contributed by atoms with Crippen LogP contribution in [-0.4, -0.2) is 9.55 Å². The third-order valence-electron chi connectivity index (χ3n) is 4.26. The van der Waals surface area contributed by atoms with Gasteiger partial charge in [-0.05, 0) is 36.8 Å². The lowest BCUT2D eigenvalue weighted by Gasteiger charge is -2.26. The third-order valence-corrected chi connectivity index (χ3v) is 4.26. The van der Waals surface area contributed by atoms with Gasteiger partial charge < -0.3 is 4.98 Å². The fraction of sp³-hybridized carbons (Fsp3) is 0.533. The number of para-hydroxylation sites is 2. The second-order valence-corrected chi connectivity index (χ2v) is 5.68. The summed E-state index contributed by atoms with van der Waals surface area (Å²) in [6.07, 6.45) is 5.13. The van der Waals surface area contributed by atoms with Gasteiger partial charge in [0.05, 0.1) is 11.0 Å². The van der Waals surface area contributed by atoms with Gasteiger partial charge in [-0.3, -0.25) is 4.57 Å². The zero-order valence-corrected chi connectivity index (χ0v) is 10.9. The predicted molar refractivity (Wildman–Crippen MR) is 73.7 cm³/mol. The van der Waals surface area contributed by atoms with Crippen LogP contribution in [0.3, 0.4) is 0 Å². The van der Waals surface area contributed by atoms with Crippen molar-refractivity contribution in [3.63, 3.8) is 0 Å². The normalized spacial score (nSPS) is 24.5. The molecule has 0 spiro atoms. The molecule has 18 heavy (non-hydrogen) atoms. The molecule has 0 aliphatic heterocycles. The average molecular weight is 244 g/mol. The number of benzene rings is 1. The van der Waals surface area contributed by atoms with Gasteiger partial charge in [0.25, 0.3) is 0 Å². The van der Waals surface area contributed by atoms with Crippen LogP contribution in [0, 0.1) is 11.8 Å². The number of fused-ring (bicyclic) bond motifs is 1. The molecule has 1 fully saturated rings. The van der Waals surface area contributed by atoms with Crippen molar-refractivity contribution in [1.82, 2.24) is 9.55 Å². The highest BCUT2D eigenvalue weighted by Crippen LogP contribution is 2.29. The van der Waals surface area contributed by atoms with Crippen LogP contribution in [-0.2, 0) is 6.54 Å². The predicted octanol–water partition coefficient (Wildman–Crippen LogP) is 3.16. The van der Waals surface area contributed by atoms with Crippen LogP contribution in [0.5, 0.6) is 0 Å². The Morgan fingerprint density at radius 1 is 1.22 bits per heavy atom. The van der Waals surface area contributed by atoms with Crippen LogP contribution in [0.25, 0.3) is 11.0 Å². The molecule has 3 nitrogen and oxygen atoms in total. The average Bonchev–Trinajstić information content (AvgIpc) is 2.69. The first-order valence-electron chi connectivity index (χ1n) is 6.91. The van der Waals surface area contributed by atoms with Crippen LogP contribution in [0.2, 0.25) is 0 Å². The van der Waals surface area contributed by atoms with E-state index in [9.17, 15) is 4.79 Å². The Bertz CT molecular complexity index is 588. The summed E-state index contributed by atoms with van der Waals surface area (Å²) in [5, 5.41) is 0. The van der Waals surface area contributed by atoms with E-state index in [1.54, 1.807) is 0 Å². The minimum atomic E-state index is 0.0369. The van der Waals surface area contributed by atoms with Crippen molar-refractivity contribution < 1.29 is 0 Å². The van der Waals surface area contributed by atoms with Gasteiger partial charge in [0, 0.05) is 6.54 Å². The molecule has 1 aliphatic rings. The van der Waals surface area contributed by atoms with E-state index < -0.39 is 0 Å². The van der Waals surface area contributed by atoms with Crippen molar-refractivity contribution in [3.8, 4) is 0 Å². The number of hydrogen-bond acceptors (Lipinski definition) is 1. The van der Waals surface area contributed by atoms with E-state index in [0.29, 0.717) is 5.92 Å². The maximum atomic E-state index is 12.0. The second-order valence-electron chi connectivity index (χ2n) is 5.68. The minimum absolute atomic E-state index is 0.0369. The molecule has 1 aliphatic carbocycles. The molecule has 3 rings (SSSR count). The van der Waals surface area contributed by atoms with Gasteiger partial charge in [-0.2, -0.15) is 0 Å². The monoisotopic (exact) mass is 244 g/mol. The quantitative estimate of drug-likeness (QED) is 0.865. The number of imidazole rings is 1. The van der Waals surface area contributed by atoms with Crippen molar-refractivity contribution >= 4 is 11.0 Å². The molecule has 1 N–H and O–H groups in total. The summed E-state index contributed by atoms with van der Waals surface area (Å²) >= 11 is 0. The van der Waals surface area contributed by atoms with E-state index >= 15 is 0 Å². The lowest BCUT2D eigenvalue weighted by molar-refractivity contribution is 0.265. The molecule has 1 saturated carbocycles. The molecule has 1 aromatic carbocycles. The number of nitrogens with one attached hydrogen (secondary N) is 1. The van der Waals surface area contributed by atoms with Crippen LogP contribution in [0.4, 0.5) is 0 Å². The van der Waals surface area contributed by atoms with Crippen LogP contribution in [0.15, 0.2) is 29.1 Å². The van der Waals surface area contributed by atoms with Gasteiger partial charge in [-0.25, -0.2) is 4.79 Å². The first-order chi connectivity index (χ1) is 8.74. The topological polar surface area (TPSA) is 37.8 Å². The second kappa shape index (κ2) is 4.63. The minimum Gasteiger partial charge on any atom is -0.306 e. The van der Waals surface area contributed by atoms with E-state index in [4.69, 9.17) is 0 Å². The van der Waals surface area contributed by atoms with Gasteiger partial charge in [0.15, 0.2) is 0 Å². The van der Waals surface area contributed by atoms with Crippen molar-refractivity contribution in [2.75, 3.05) is 0 Å². The van der Waals surface area contributed by atoms with E-state index in [-0.39, 0.29) is 5.69 Å². The SMILES string of the molecule is CC1CCC(Cn2c(=O)[nH]c3ccccc32)CC1. The molecule has 0 bridgehead atoms. The first kappa shape index (κ1) is 11.6. The van der Waals surface area contributed by atoms with E-state index in [1.165, 1.54) is 25.7 Å². The zero-order valence-electron chi connectivity index (χ0n) is 10.9. The molecule has 96 valence electrons. The lowest BCUT2D eigenvalue weighted by atomic mass is 9.83. The standard InChI is InChI=1S/C15H20N2O/c1-11-6-8-12(9-7-11)10-17-14-5-3-2-4-13(14)16-15(17)18/h2-5,11-12H,6-10H2,1H3,(H,16,18). The molecule has 0 saturated heterocycles. The molecule has 1 heterocycles.